The minimum atomic E-state index is -0.483. The summed E-state index contributed by atoms with van der Waals surface area (Å²) in [6.45, 7) is 2.41. The Morgan fingerprint density at radius 1 is 1.29 bits per heavy atom. The number of fused-ring (bicyclic) bond motifs is 3. The van der Waals surface area contributed by atoms with E-state index in [1.165, 1.54) is 12.8 Å². The Balaban J connectivity index is 1.35. The van der Waals surface area contributed by atoms with Crippen molar-refractivity contribution in [3.63, 3.8) is 0 Å². The van der Waals surface area contributed by atoms with E-state index in [0.29, 0.717) is 17.6 Å². The molecule has 0 radical (unpaired) electrons. The van der Waals surface area contributed by atoms with Gasteiger partial charge in [0.15, 0.2) is 5.82 Å². The van der Waals surface area contributed by atoms with Gasteiger partial charge in [-0.25, -0.2) is 4.79 Å². The van der Waals surface area contributed by atoms with Crippen LogP contribution >= 0.6 is 0 Å². The van der Waals surface area contributed by atoms with Crippen LogP contribution in [0.4, 0.5) is 10.6 Å². The number of rotatable bonds is 4. The predicted octanol–water partition coefficient (Wildman–Crippen LogP) is 0.622. The predicted molar refractivity (Wildman–Crippen MR) is 102 cm³/mol. The lowest BCUT2D eigenvalue weighted by Gasteiger charge is -2.40. The zero-order valence-electron chi connectivity index (χ0n) is 15.5. The van der Waals surface area contributed by atoms with E-state index in [9.17, 15) is 9.59 Å². The molecule has 1 aliphatic carbocycles. The number of hydrogen-bond donors (Lipinski definition) is 3. The highest BCUT2D eigenvalue weighted by atomic mass is 16.2. The molecule has 1 aromatic rings. The summed E-state index contributed by atoms with van der Waals surface area (Å²) in [5.41, 5.74) is 0.953. The van der Waals surface area contributed by atoms with E-state index in [1.807, 2.05) is 12.2 Å². The Labute approximate surface area is 162 Å². The first-order valence-corrected chi connectivity index (χ1v) is 9.78. The van der Waals surface area contributed by atoms with Gasteiger partial charge in [-0.15, -0.1) is 5.10 Å². The third kappa shape index (κ3) is 3.17. The molecule has 1 saturated carbocycles. The van der Waals surface area contributed by atoms with Crippen molar-refractivity contribution in [3.8, 4) is 0 Å². The molecular weight excluding hydrogens is 358 g/mol. The molecule has 2 fully saturated rings. The average molecular weight is 381 g/mol. The van der Waals surface area contributed by atoms with E-state index in [0.717, 1.165) is 31.8 Å². The molecular formula is C19H23N7O2. The minimum absolute atomic E-state index is 0.0584. The monoisotopic (exact) mass is 381 g/mol. The number of allylic oxidation sites excluding steroid dienone is 1. The average Bonchev–Trinajstić information content (AvgIpc) is 3.46. The van der Waals surface area contributed by atoms with Gasteiger partial charge in [-0.3, -0.25) is 15.0 Å². The summed E-state index contributed by atoms with van der Waals surface area (Å²) in [5.74, 6) is 1.65. The highest BCUT2D eigenvalue weighted by molar-refractivity contribution is 5.91. The fourth-order valence-electron chi connectivity index (χ4n) is 3.97. The van der Waals surface area contributed by atoms with Crippen molar-refractivity contribution in [2.75, 3.05) is 25.0 Å². The molecule has 0 spiro atoms. The van der Waals surface area contributed by atoms with Crippen molar-refractivity contribution in [3.05, 3.63) is 42.0 Å². The molecule has 3 amide bonds. The molecule has 3 aliphatic heterocycles. The van der Waals surface area contributed by atoms with Gasteiger partial charge in [0.05, 0.1) is 11.7 Å². The summed E-state index contributed by atoms with van der Waals surface area (Å²) >= 11 is 0. The summed E-state index contributed by atoms with van der Waals surface area (Å²) in [6, 6.07) is 2.74. The SMILES string of the molecule is O=C(NCC1CC1)C1C=CC2=C(N1)N(C(=O)Nc1cccnn1)[C@H]1CCN2C1. The summed E-state index contributed by atoms with van der Waals surface area (Å²) in [7, 11) is 0. The number of anilines is 1. The van der Waals surface area contributed by atoms with Crippen molar-refractivity contribution < 1.29 is 9.59 Å². The maximum absolute atomic E-state index is 13.0. The molecule has 2 atom stereocenters. The van der Waals surface area contributed by atoms with Gasteiger partial charge in [-0.05, 0) is 43.4 Å². The van der Waals surface area contributed by atoms with Crippen LogP contribution in [0.25, 0.3) is 0 Å². The molecule has 5 rings (SSSR count). The second kappa shape index (κ2) is 6.81. The van der Waals surface area contributed by atoms with Crippen molar-refractivity contribution in [1.82, 2.24) is 30.6 Å². The number of urea groups is 1. The van der Waals surface area contributed by atoms with E-state index in [4.69, 9.17) is 0 Å². The Bertz CT molecular complexity index is 849. The van der Waals surface area contributed by atoms with Gasteiger partial charge in [-0.2, -0.15) is 5.10 Å². The first-order valence-electron chi connectivity index (χ1n) is 9.78. The topological polar surface area (TPSA) is 102 Å². The van der Waals surface area contributed by atoms with E-state index in [1.54, 1.807) is 23.2 Å². The fraction of sp³-hybridized carbons (Fsp3) is 0.474. The number of nitrogens with zero attached hydrogens (tertiary/aromatic N) is 4. The maximum atomic E-state index is 13.0. The van der Waals surface area contributed by atoms with Crippen molar-refractivity contribution in [2.45, 2.75) is 31.3 Å². The van der Waals surface area contributed by atoms with Gasteiger partial charge >= 0.3 is 6.03 Å². The Hall–Kier alpha value is -3.10. The van der Waals surface area contributed by atoms with Gasteiger partial charge in [0.1, 0.15) is 11.9 Å². The van der Waals surface area contributed by atoms with E-state index in [-0.39, 0.29) is 18.0 Å². The lowest BCUT2D eigenvalue weighted by molar-refractivity contribution is -0.122. The van der Waals surface area contributed by atoms with Crippen LogP contribution in [0.5, 0.6) is 0 Å². The molecule has 28 heavy (non-hydrogen) atoms. The molecule has 9 nitrogen and oxygen atoms in total. The molecule has 9 heteroatoms. The third-order valence-corrected chi connectivity index (χ3v) is 5.66. The molecule has 146 valence electrons. The van der Waals surface area contributed by atoms with Gasteiger partial charge in [0, 0.05) is 25.8 Å². The molecule has 3 N–H and O–H groups in total. The Morgan fingerprint density at radius 2 is 2.18 bits per heavy atom. The highest BCUT2D eigenvalue weighted by Gasteiger charge is 2.42. The Morgan fingerprint density at radius 3 is 2.96 bits per heavy atom. The summed E-state index contributed by atoms with van der Waals surface area (Å²) < 4.78 is 0. The minimum Gasteiger partial charge on any atom is -0.366 e. The zero-order valence-corrected chi connectivity index (χ0v) is 15.5. The number of amides is 3. The molecule has 2 bridgehead atoms. The standard InChI is InChI=1S/C19H23N7O2/c27-18(20-10-12-3-4-12)14-5-6-15-17(22-14)26(13-7-9-25(15)11-13)19(28)23-16-2-1-8-21-24-16/h1-2,5-6,8,12-14,22H,3-4,7,9-11H2,(H,20,27)(H,23,24,28)/t13-,14?/m0/s1. The first-order chi connectivity index (χ1) is 13.7. The van der Waals surface area contributed by atoms with Crippen LogP contribution in [-0.2, 0) is 4.79 Å². The maximum Gasteiger partial charge on any atom is 0.329 e. The number of carbonyl (C=O) groups excluding carboxylic acids is 2. The van der Waals surface area contributed by atoms with Crippen molar-refractivity contribution in [2.24, 2.45) is 5.92 Å². The van der Waals surface area contributed by atoms with E-state index >= 15 is 0 Å². The van der Waals surface area contributed by atoms with Gasteiger partial charge in [-0.1, -0.05) is 6.08 Å². The van der Waals surface area contributed by atoms with Gasteiger partial charge < -0.3 is 15.5 Å². The third-order valence-electron chi connectivity index (χ3n) is 5.66. The lowest BCUT2D eigenvalue weighted by Crippen LogP contribution is -2.56. The van der Waals surface area contributed by atoms with Crippen LogP contribution in [0.1, 0.15) is 19.3 Å². The second-order valence-corrected chi connectivity index (χ2v) is 7.70. The van der Waals surface area contributed by atoms with E-state index < -0.39 is 6.04 Å². The lowest BCUT2D eigenvalue weighted by atomic mass is 10.1. The van der Waals surface area contributed by atoms with Crippen LogP contribution in [-0.4, -0.2) is 63.7 Å². The largest absolute Gasteiger partial charge is 0.366 e. The molecule has 1 unspecified atom stereocenters. The van der Waals surface area contributed by atoms with Crippen LogP contribution in [0.3, 0.4) is 0 Å². The number of nitrogens with one attached hydrogen (secondary N) is 3. The number of carbonyl (C=O) groups is 2. The number of aromatic nitrogens is 2. The van der Waals surface area contributed by atoms with Crippen LogP contribution in [0, 0.1) is 5.92 Å². The first kappa shape index (κ1) is 17.0. The fourth-order valence-corrected chi connectivity index (χ4v) is 3.97. The quantitative estimate of drug-likeness (QED) is 0.707. The van der Waals surface area contributed by atoms with Gasteiger partial charge in [0.25, 0.3) is 0 Å². The number of hydrogen-bond acceptors (Lipinski definition) is 6. The van der Waals surface area contributed by atoms with Crippen LogP contribution in [0.15, 0.2) is 42.0 Å². The van der Waals surface area contributed by atoms with Gasteiger partial charge in [0.2, 0.25) is 5.91 Å². The summed E-state index contributed by atoms with van der Waals surface area (Å²) in [5, 5.41) is 16.8. The Kier molecular flexibility index (Phi) is 4.14. The second-order valence-electron chi connectivity index (χ2n) is 7.70. The molecule has 0 aromatic carbocycles. The number of dihydropyridines is 1. The van der Waals surface area contributed by atoms with E-state index in [2.05, 4.69) is 31.0 Å². The van der Waals surface area contributed by atoms with Crippen molar-refractivity contribution >= 4 is 17.8 Å². The molecule has 1 aromatic heterocycles. The summed E-state index contributed by atoms with van der Waals surface area (Å²) in [6.07, 6.45) is 8.65. The van der Waals surface area contributed by atoms with Crippen LogP contribution < -0.4 is 16.0 Å². The molecule has 4 aliphatic rings. The molecule has 1 saturated heterocycles. The van der Waals surface area contributed by atoms with Crippen LogP contribution in [0.2, 0.25) is 0 Å². The zero-order chi connectivity index (χ0) is 19.1. The normalized spacial score (nSPS) is 25.3. The van der Waals surface area contributed by atoms with Crippen molar-refractivity contribution in [1.29, 1.82) is 0 Å². The summed E-state index contributed by atoms with van der Waals surface area (Å²) in [4.78, 5) is 29.6. The highest BCUT2D eigenvalue weighted by Crippen LogP contribution is 2.33. The molecule has 4 heterocycles. The smallest absolute Gasteiger partial charge is 0.329 e.